The van der Waals surface area contributed by atoms with Gasteiger partial charge in [-0.25, -0.2) is 0 Å². The number of likely N-dealkylation sites (tertiary alicyclic amines) is 1. The molecule has 108 valence electrons. The zero-order chi connectivity index (χ0) is 13.7. The highest BCUT2D eigenvalue weighted by Crippen LogP contribution is 2.32. The molecule has 1 saturated heterocycles. The van der Waals surface area contributed by atoms with Gasteiger partial charge in [-0.2, -0.15) is 0 Å². The van der Waals surface area contributed by atoms with Crippen LogP contribution in [0.5, 0.6) is 5.75 Å². The molecule has 1 aromatic heterocycles. The molecule has 1 fully saturated rings. The number of halogens is 1. The molecule has 4 nitrogen and oxygen atoms in total. The molecule has 2 aromatic rings. The van der Waals surface area contributed by atoms with Crippen molar-refractivity contribution in [2.75, 3.05) is 20.1 Å². The molecular weight excluding hydrogens is 278 g/mol. The predicted molar refractivity (Wildman–Crippen MR) is 81.1 cm³/mol. The molecule has 0 bridgehead atoms. The average molecular weight is 296 g/mol. The summed E-state index contributed by atoms with van der Waals surface area (Å²) in [5.74, 6) is 1.21. The summed E-state index contributed by atoms with van der Waals surface area (Å²) in [6.07, 6.45) is 0. The highest BCUT2D eigenvalue weighted by Gasteiger charge is 2.30. The number of phenols is 1. The van der Waals surface area contributed by atoms with Gasteiger partial charge in [-0.15, -0.1) is 12.4 Å². The van der Waals surface area contributed by atoms with Gasteiger partial charge in [-0.3, -0.25) is 4.79 Å². The number of benzene rings is 1. The van der Waals surface area contributed by atoms with Gasteiger partial charge in [0.05, 0.1) is 5.39 Å². The van der Waals surface area contributed by atoms with Crippen molar-refractivity contribution >= 4 is 23.4 Å². The Bertz CT molecular complexity index is 717. The zero-order valence-corrected chi connectivity index (χ0v) is 12.6. The molecule has 0 spiro atoms. The van der Waals surface area contributed by atoms with Gasteiger partial charge in [-0.1, -0.05) is 0 Å². The molecular formula is C15H18ClNO3. The third-order valence-electron chi connectivity index (χ3n) is 3.98. The van der Waals surface area contributed by atoms with Gasteiger partial charge in [0.2, 0.25) is 0 Å². The largest absolute Gasteiger partial charge is 0.508 e. The first kappa shape index (κ1) is 14.9. The molecule has 0 radical (unpaired) electrons. The average Bonchev–Trinajstić information content (AvgIpc) is 2.35. The minimum absolute atomic E-state index is 0. The van der Waals surface area contributed by atoms with E-state index in [0.29, 0.717) is 22.1 Å². The molecule has 1 aliphatic heterocycles. The first-order chi connectivity index (χ1) is 8.99. The van der Waals surface area contributed by atoms with E-state index in [9.17, 15) is 9.90 Å². The highest BCUT2D eigenvalue weighted by molar-refractivity contribution is 5.85. The van der Waals surface area contributed by atoms with E-state index in [4.69, 9.17) is 4.42 Å². The van der Waals surface area contributed by atoms with Crippen LogP contribution in [0.1, 0.15) is 22.8 Å². The van der Waals surface area contributed by atoms with Gasteiger partial charge >= 0.3 is 0 Å². The second kappa shape index (κ2) is 5.11. The Morgan fingerprint density at radius 2 is 1.90 bits per heavy atom. The summed E-state index contributed by atoms with van der Waals surface area (Å²) < 4.78 is 5.95. The minimum Gasteiger partial charge on any atom is -0.508 e. The van der Waals surface area contributed by atoms with E-state index in [2.05, 4.69) is 4.90 Å². The number of fused-ring (bicyclic) bond motifs is 1. The summed E-state index contributed by atoms with van der Waals surface area (Å²) in [5, 5.41) is 10.3. The summed E-state index contributed by atoms with van der Waals surface area (Å²) >= 11 is 0. The maximum Gasteiger partial charge on any atom is 0.195 e. The van der Waals surface area contributed by atoms with Gasteiger partial charge in [0.1, 0.15) is 17.1 Å². The van der Waals surface area contributed by atoms with Gasteiger partial charge in [0.15, 0.2) is 5.43 Å². The molecule has 1 aromatic carbocycles. The van der Waals surface area contributed by atoms with Crippen LogP contribution < -0.4 is 5.43 Å². The number of phenolic OH excluding ortho intramolecular Hbond substituents is 1. The standard InChI is InChI=1S/C15H17NO3.ClH/c1-8-12(17)5-4-11-13(18)9(2)14(19-15(8)11)10-6-16(3)7-10;/h4-5,10,17H,6-7H2,1-3H3;1H. The van der Waals surface area contributed by atoms with E-state index in [1.54, 1.807) is 19.1 Å². The monoisotopic (exact) mass is 295 g/mol. The van der Waals surface area contributed by atoms with Gasteiger partial charge in [0.25, 0.3) is 0 Å². The third-order valence-corrected chi connectivity index (χ3v) is 3.98. The lowest BCUT2D eigenvalue weighted by Gasteiger charge is -2.35. The second-order valence-corrected chi connectivity index (χ2v) is 5.42. The van der Waals surface area contributed by atoms with Gasteiger partial charge in [0, 0.05) is 30.1 Å². The third kappa shape index (κ3) is 2.09. The predicted octanol–water partition coefficient (Wildman–Crippen LogP) is 2.57. The Morgan fingerprint density at radius 1 is 1.25 bits per heavy atom. The number of aryl methyl sites for hydroxylation is 1. The minimum atomic E-state index is 0. The van der Waals surface area contributed by atoms with Crippen LogP contribution in [0.25, 0.3) is 11.0 Å². The normalized spacial score (nSPS) is 15.9. The van der Waals surface area contributed by atoms with E-state index in [-0.39, 0.29) is 29.5 Å². The van der Waals surface area contributed by atoms with E-state index >= 15 is 0 Å². The Labute approximate surface area is 123 Å². The first-order valence-electron chi connectivity index (χ1n) is 6.43. The molecule has 0 atom stereocenters. The molecule has 1 N–H and O–H groups in total. The number of aromatic hydroxyl groups is 1. The van der Waals surface area contributed by atoms with Gasteiger partial charge < -0.3 is 14.4 Å². The smallest absolute Gasteiger partial charge is 0.195 e. The summed E-state index contributed by atoms with van der Waals surface area (Å²) in [6, 6.07) is 3.18. The Balaban J connectivity index is 0.00000147. The van der Waals surface area contributed by atoms with Crippen molar-refractivity contribution in [1.29, 1.82) is 0 Å². The summed E-state index contributed by atoms with van der Waals surface area (Å²) in [4.78, 5) is 14.6. The maximum atomic E-state index is 12.4. The van der Waals surface area contributed by atoms with E-state index < -0.39 is 0 Å². The van der Waals surface area contributed by atoms with E-state index in [1.165, 1.54) is 0 Å². The van der Waals surface area contributed by atoms with Crippen LogP contribution in [-0.4, -0.2) is 30.1 Å². The van der Waals surface area contributed by atoms with Crippen molar-refractivity contribution in [1.82, 2.24) is 4.90 Å². The zero-order valence-electron chi connectivity index (χ0n) is 11.8. The van der Waals surface area contributed by atoms with Crippen LogP contribution in [0.2, 0.25) is 0 Å². The van der Waals surface area contributed by atoms with Crippen molar-refractivity contribution in [3.8, 4) is 5.75 Å². The number of hydrogen-bond acceptors (Lipinski definition) is 4. The quantitative estimate of drug-likeness (QED) is 0.878. The molecule has 0 saturated carbocycles. The molecule has 20 heavy (non-hydrogen) atoms. The Kier molecular flexibility index (Phi) is 3.80. The van der Waals surface area contributed by atoms with Crippen LogP contribution >= 0.6 is 12.4 Å². The molecule has 2 heterocycles. The Hall–Kier alpha value is -1.52. The number of nitrogens with zero attached hydrogens (tertiary/aromatic N) is 1. The fraction of sp³-hybridized carbons (Fsp3) is 0.400. The number of hydrogen-bond donors (Lipinski definition) is 1. The van der Waals surface area contributed by atoms with Crippen molar-refractivity contribution < 1.29 is 9.52 Å². The molecule has 0 aliphatic carbocycles. The molecule has 0 amide bonds. The maximum absolute atomic E-state index is 12.4. The number of likely N-dealkylation sites (N-methyl/N-ethyl adjacent to an activating group) is 1. The lowest BCUT2D eigenvalue weighted by molar-refractivity contribution is 0.170. The lowest BCUT2D eigenvalue weighted by Crippen LogP contribution is -2.42. The highest BCUT2D eigenvalue weighted by atomic mass is 35.5. The van der Waals surface area contributed by atoms with Gasteiger partial charge in [-0.05, 0) is 33.0 Å². The molecule has 0 unspecified atom stereocenters. The summed E-state index contributed by atoms with van der Waals surface area (Å²) in [5.41, 5.74) is 1.84. The summed E-state index contributed by atoms with van der Waals surface area (Å²) in [7, 11) is 2.04. The fourth-order valence-corrected chi connectivity index (χ4v) is 2.75. The first-order valence-corrected chi connectivity index (χ1v) is 6.43. The van der Waals surface area contributed by atoms with Crippen molar-refractivity contribution in [2.45, 2.75) is 19.8 Å². The molecule has 3 rings (SSSR count). The van der Waals surface area contributed by atoms with E-state index in [0.717, 1.165) is 18.8 Å². The summed E-state index contributed by atoms with van der Waals surface area (Å²) in [6.45, 7) is 5.41. The second-order valence-electron chi connectivity index (χ2n) is 5.42. The van der Waals surface area contributed by atoms with Crippen LogP contribution in [-0.2, 0) is 0 Å². The van der Waals surface area contributed by atoms with Crippen LogP contribution in [0.3, 0.4) is 0 Å². The molecule has 1 aliphatic rings. The van der Waals surface area contributed by atoms with Crippen molar-refractivity contribution in [3.63, 3.8) is 0 Å². The SMILES string of the molecule is Cc1c(C2CN(C)C2)oc2c(C)c(O)ccc2c1=O.Cl. The van der Waals surface area contributed by atoms with E-state index in [1.807, 2.05) is 14.0 Å². The lowest BCUT2D eigenvalue weighted by atomic mass is 9.94. The molecule has 5 heteroatoms. The van der Waals surface area contributed by atoms with Crippen LogP contribution in [0.15, 0.2) is 21.3 Å². The fourth-order valence-electron chi connectivity index (χ4n) is 2.75. The van der Waals surface area contributed by atoms with Crippen LogP contribution in [0, 0.1) is 13.8 Å². The topological polar surface area (TPSA) is 53.7 Å². The van der Waals surface area contributed by atoms with Crippen LogP contribution in [0.4, 0.5) is 0 Å². The van der Waals surface area contributed by atoms with Crippen molar-refractivity contribution in [3.05, 3.63) is 39.2 Å². The Morgan fingerprint density at radius 3 is 2.50 bits per heavy atom. The van der Waals surface area contributed by atoms with Crippen molar-refractivity contribution in [2.24, 2.45) is 0 Å². The number of rotatable bonds is 1.